The molecule has 0 aliphatic carbocycles. The zero-order valence-electron chi connectivity index (χ0n) is 14.7. The predicted molar refractivity (Wildman–Crippen MR) is 102 cm³/mol. The number of hydrogen-bond donors (Lipinski definition) is 0. The molecule has 130 valence electrons. The normalized spacial score (nSPS) is 17.7. The van der Waals surface area contributed by atoms with Crippen molar-refractivity contribution in [2.75, 3.05) is 19.0 Å². The molecular formula is C22H19NO3. The Morgan fingerprint density at radius 2 is 1.73 bits per heavy atom. The molecule has 2 aromatic carbocycles. The summed E-state index contributed by atoms with van der Waals surface area (Å²) in [6.45, 7) is 0. The number of carbonyl (C=O) groups is 1. The van der Waals surface area contributed by atoms with Gasteiger partial charge in [-0.25, -0.2) is 0 Å². The molecule has 26 heavy (non-hydrogen) atoms. The molecule has 3 aromatic rings. The molecule has 4 nitrogen and oxygen atoms in total. The van der Waals surface area contributed by atoms with Crippen LogP contribution < -0.4 is 9.64 Å². The molecule has 4 rings (SSSR count). The molecule has 0 spiro atoms. The van der Waals surface area contributed by atoms with E-state index in [2.05, 4.69) is 0 Å². The summed E-state index contributed by atoms with van der Waals surface area (Å²) >= 11 is 0. The third kappa shape index (κ3) is 2.90. The van der Waals surface area contributed by atoms with Crippen LogP contribution in [0.1, 0.15) is 27.8 Å². The molecule has 0 saturated heterocycles. The number of nitrogens with zero attached hydrogens (tertiary/aromatic N) is 1. The largest absolute Gasteiger partial charge is 0.480 e. The van der Waals surface area contributed by atoms with Crippen molar-refractivity contribution in [1.29, 1.82) is 0 Å². The van der Waals surface area contributed by atoms with Gasteiger partial charge < -0.3 is 14.1 Å². The summed E-state index contributed by atoms with van der Waals surface area (Å²) in [6, 6.07) is 19.0. The first kappa shape index (κ1) is 16.2. The maximum atomic E-state index is 13.1. The summed E-state index contributed by atoms with van der Waals surface area (Å²) in [6.07, 6.45) is 2.89. The SMILES string of the molecule is CN(C)c1ccc(C2Oc3ccccc3C(=O)/C2=C/c2ccco2)cc1. The number of hydrogen-bond acceptors (Lipinski definition) is 4. The smallest absolute Gasteiger partial charge is 0.196 e. The summed E-state index contributed by atoms with van der Waals surface area (Å²) in [5.74, 6) is 1.20. The maximum absolute atomic E-state index is 13.1. The predicted octanol–water partition coefficient (Wildman–Crippen LogP) is 4.75. The number of benzene rings is 2. The molecule has 0 amide bonds. The van der Waals surface area contributed by atoms with E-state index >= 15 is 0 Å². The lowest BCUT2D eigenvalue weighted by Crippen LogP contribution is -2.23. The van der Waals surface area contributed by atoms with E-state index in [4.69, 9.17) is 9.15 Å². The van der Waals surface area contributed by atoms with Crippen molar-refractivity contribution in [3.05, 3.63) is 89.4 Å². The van der Waals surface area contributed by atoms with E-state index in [9.17, 15) is 4.79 Å². The van der Waals surface area contributed by atoms with Crippen molar-refractivity contribution in [2.45, 2.75) is 6.10 Å². The highest BCUT2D eigenvalue weighted by Crippen LogP contribution is 2.39. The van der Waals surface area contributed by atoms with Gasteiger partial charge >= 0.3 is 0 Å². The van der Waals surface area contributed by atoms with Gasteiger partial charge in [0.2, 0.25) is 0 Å². The molecule has 1 aliphatic rings. The van der Waals surface area contributed by atoms with Crippen LogP contribution in [0.5, 0.6) is 5.75 Å². The zero-order valence-corrected chi connectivity index (χ0v) is 14.7. The Morgan fingerprint density at radius 1 is 0.962 bits per heavy atom. The van der Waals surface area contributed by atoms with Crippen LogP contribution in [0, 0.1) is 0 Å². The lowest BCUT2D eigenvalue weighted by atomic mass is 9.90. The van der Waals surface area contributed by atoms with Gasteiger partial charge in [-0.1, -0.05) is 24.3 Å². The van der Waals surface area contributed by atoms with E-state index in [1.165, 1.54) is 0 Å². The van der Waals surface area contributed by atoms with Gasteiger partial charge in [-0.15, -0.1) is 0 Å². The summed E-state index contributed by atoms with van der Waals surface area (Å²) in [7, 11) is 3.99. The molecule has 0 radical (unpaired) electrons. The fourth-order valence-corrected chi connectivity index (χ4v) is 3.08. The van der Waals surface area contributed by atoms with Crippen LogP contribution in [-0.4, -0.2) is 19.9 Å². The Kier molecular flexibility index (Phi) is 4.09. The second kappa shape index (κ2) is 6.56. The van der Waals surface area contributed by atoms with Crippen LogP contribution in [0.2, 0.25) is 0 Å². The Hall–Kier alpha value is -3.27. The molecular weight excluding hydrogens is 326 g/mol. The quantitative estimate of drug-likeness (QED) is 0.643. The molecule has 1 atom stereocenters. The van der Waals surface area contributed by atoms with Crippen molar-refractivity contribution in [3.63, 3.8) is 0 Å². The molecule has 4 heteroatoms. The monoisotopic (exact) mass is 345 g/mol. The van der Waals surface area contributed by atoms with Crippen molar-refractivity contribution in [3.8, 4) is 5.75 Å². The average molecular weight is 345 g/mol. The van der Waals surface area contributed by atoms with E-state index in [-0.39, 0.29) is 5.78 Å². The van der Waals surface area contributed by atoms with Gasteiger partial charge in [0.1, 0.15) is 11.5 Å². The minimum atomic E-state index is -0.473. The average Bonchev–Trinajstić information content (AvgIpc) is 3.17. The highest BCUT2D eigenvalue weighted by atomic mass is 16.5. The van der Waals surface area contributed by atoms with E-state index in [1.807, 2.05) is 67.5 Å². The van der Waals surface area contributed by atoms with Gasteiger partial charge in [-0.3, -0.25) is 4.79 Å². The number of rotatable bonds is 3. The first-order chi connectivity index (χ1) is 12.6. The van der Waals surface area contributed by atoms with Crippen molar-refractivity contribution in [2.24, 2.45) is 0 Å². The number of ether oxygens (including phenoxy) is 1. The van der Waals surface area contributed by atoms with Gasteiger partial charge in [0.25, 0.3) is 0 Å². The molecule has 0 bridgehead atoms. The summed E-state index contributed by atoms with van der Waals surface area (Å²) in [5.41, 5.74) is 3.16. The number of carbonyl (C=O) groups excluding carboxylic acids is 1. The molecule has 0 fully saturated rings. The highest BCUT2D eigenvalue weighted by molar-refractivity contribution is 6.14. The molecule has 2 heterocycles. The third-order valence-electron chi connectivity index (χ3n) is 4.47. The molecule has 1 aromatic heterocycles. The lowest BCUT2D eigenvalue weighted by molar-refractivity contribution is 0.0963. The van der Waals surface area contributed by atoms with Crippen molar-refractivity contribution >= 4 is 17.5 Å². The van der Waals surface area contributed by atoms with E-state index in [0.29, 0.717) is 22.6 Å². The van der Waals surface area contributed by atoms with Crippen LogP contribution in [-0.2, 0) is 0 Å². The minimum absolute atomic E-state index is 0.0371. The summed E-state index contributed by atoms with van der Waals surface area (Å²) in [4.78, 5) is 15.1. The second-order valence-corrected chi connectivity index (χ2v) is 6.42. The van der Waals surface area contributed by atoms with E-state index < -0.39 is 6.10 Å². The van der Waals surface area contributed by atoms with Gasteiger partial charge in [0.15, 0.2) is 11.9 Å². The first-order valence-electron chi connectivity index (χ1n) is 8.46. The van der Waals surface area contributed by atoms with Crippen LogP contribution in [0.25, 0.3) is 6.08 Å². The van der Waals surface area contributed by atoms with Gasteiger partial charge in [-0.2, -0.15) is 0 Å². The fraction of sp³-hybridized carbons (Fsp3) is 0.136. The summed E-state index contributed by atoms with van der Waals surface area (Å²) in [5, 5.41) is 0. The number of fused-ring (bicyclic) bond motifs is 1. The Morgan fingerprint density at radius 3 is 2.42 bits per heavy atom. The van der Waals surface area contributed by atoms with Crippen molar-refractivity contribution < 1.29 is 13.9 Å². The molecule has 0 N–H and O–H groups in total. The number of para-hydroxylation sites is 1. The van der Waals surface area contributed by atoms with Crippen LogP contribution in [0.4, 0.5) is 5.69 Å². The standard InChI is InChI=1S/C22H19NO3/c1-23(2)16-11-9-15(10-12-16)22-19(14-17-6-5-13-25-17)21(24)18-7-3-4-8-20(18)26-22/h3-14,22H,1-2H3/b19-14-. The van der Waals surface area contributed by atoms with Gasteiger partial charge in [0.05, 0.1) is 11.8 Å². The molecule has 1 aliphatic heterocycles. The number of Topliss-reactive ketones (excluding diaryl/α,β-unsaturated/α-hetero) is 1. The second-order valence-electron chi connectivity index (χ2n) is 6.42. The Bertz CT molecular complexity index is 953. The van der Waals surface area contributed by atoms with E-state index in [0.717, 1.165) is 11.3 Å². The topological polar surface area (TPSA) is 42.7 Å². The summed E-state index contributed by atoms with van der Waals surface area (Å²) < 4.78 is 11.6. The highest BCUT2D eigenvalue weighted by Gasteiger charge is 2.33. The third-order valence-corrected chi connectivity index (χ3v) is 4.47. The fourth-order valence-electron chi connectivity index (χ4n) is 3.08. The molecule has 1 unspecified atom stereocenters. The van der Waals surface area contributed by atoms with Crippen molar-refractivity contribution in [1.82, 2.24) is 0 Å². The first-order valence-corrected chi connectivity index (χ1v) is 8.46. The lowest BCUT2D eigenvalue weighted by Gasteiger charge is -2.28. The zero-order chi connectivity index (χ0) is 18.1. The van der Waals surface area contributed by atoms with E-state index in [1.54, 1.807) is 24.5 Å². The number of anilines is 1. The van der Waals surface area contributed by atoms with Crippen LogP contribution in [0.3, 0.4) is 0 Å². The van der Waals surface area contributed by atoms with Crippen LogP contribution in [0.15, 0.2) is 76.9 Å². The Labute approximate surface area is 152 Å². The maximum Gasteiger partial charge on any atom is 0.196 e. The Balaban J connectivity index is 1.81. The van der Waals surface area contributed by atoms with Gasteiger partial charge in [0, 0.05) is 25.4 Å². The minimum Gasteiger partial charge on any atom is -0.480 e. The molecule has 0 saturated carbocycles. The number of ketones is 1. The number of furan rings is 1. The van der Waals surface area contributed by atoms with Gasteiger partial charge in [-0.05, 0) is 48.0 Å². The van der Waals surface area contributed by atoms with Crippen LogP contribution >= 0.6 is 0 Å².